The molecule has 2 unspecified atom stereocenters. The van der Waals surface area contributed by atoms with Crippen LogP contribution in [0.15, 0.2) is 70.7 Å². The lowest BCUT2D eigenvalue weighted by atomic mass is 9.88. The number of aliphatic hydroxyl groups is 1. The second-order valence-electron chi connectivity index (χ2n) is 11.0. The topological polar surface area (TPSA) is 140 Å². The van der Waals surface area contributed by atoms with Gasteiger partial charge in [-0.05, 0) is 62.1 Å². The first-order valence-corrected chi connectivity index (χ1v) is 17.4. The molecule has 0 saturated carbocycles. The van der Waals surface area contributed by atoms with E-state index in [1.807, 2.05) is 23.9 Å². The average molecular weight is 619 g/mol. The molecule has 5 rings (SSSR count). The van der Waals surface area contributed by atoms with Crippen LogP contribution < -0.4 is 10.1 Å². The number of nitrogens with one attached hydrogen (secondary N) is 1. The van der Waals surface area contributed by atoms with Gasteiger partial charge in [-0.15, -0.1) is 0 Å². The van der Waals surface area contributed by atoms with E-state index in [2.05, 4.69) is 10.4 Å². The summed E-state index contributed by atoms with van der Waals surface area (Å²) in [6.07, 6.45) is 5.89. The Balaban J connectivity index is 1.10. The van der Waals surface area contributed by atoms with E-state index < -0.39 is 31.6 Å². The van der Waals surface area contributed by atoms with E-state index in [0.717, 1.165) is 30.3 Å². The molecule has 3 heterocycles. The van der Waals surface area contributed by atoms with Gasteiger partial charge in [0.2, 0.25) is 10.0 Å². The number of piperidine rings is 1. The zero-order valence-corrected chi connectivity index (χ0v) is 25.5. The molecule has 1 spiro atoms. The van der Waals surface area contributed by atoms with Gasteiger partial charge < -0.3 is 19.9 Å². The fourth-order valence-corrected chi connectivity index (χ4v) is 7.62. The summed E-state index contributed by atoms with van der Waals surface area (Å²) in [5.41, 5.74) is 1.29. The van der Waals surface area contributed by atoms with E-state index >= 15 is 0 Å². The molecule has 0 aliphatic carbocycles. The zero-order chi connectivity index (χ0) is 30.0. The molecular formula is C29H38N4O7S2. The van der Waals surface area contributed by atoms with Crippen molar-refractivity contribution in [1.82, 2.24) is 19.4 Å². The van der Waals surface area contributed by atoms with E-state index in [-0.39, 0.29) is 29.0 Å². The smallest absolute Gasteiger partial charge is 0.243 e. The molecule has 13 heteroatoms. The van der Waals surface area contributed by atoms with Gasteiger partial charge in [0.1, 0.15) is 18.5 Å². The summed E-state index contributed by atoms with van der Waals surface area (Å²) in [7, 11) is -7.00. The second-order valence-corrected chi connectivity index (χ2v) is 15.0. The van der Waals surface area contributed by atoms with Crippen molar-refractivity contribution in [1.29, 1.82) is 0 Å². The minimum Gasteiger partial charge on any atom is -0.491 e. The Kier molecular flexibility index (Phi) is 9.07. The number of aliphatic hydroxyl groups excluding tert-OH is 1. The number of ether oxygens (including phenoxy) is 2. The summed E-state index contributed by atoms with van der Waals surface area (Å²) in [4.78, 5) is 0.430. The molecule has 3 aromatic rings. The highest BCUT2D eigenvalue weighted by Crippen LogP contribution is 2.37. The van der Waals surface area contributed by atoms with Gasteiger partial charge in [-0.3, -0.25) is 4.68 Å². The van der Waals surface area contributed by atoms with Gasteiger partial charge in [-0.25, -0.2) is 16.8 Å². The van der Waals surface area contributed by atoms with Gasteiger partial charge in [-0.1, -0.05) is 18.2 Å². The quantitative estimate of drug-likeness (QED) is 0.331. The lowest BCUT2D eigenvalue weighted by molar-refractivity contribution is -0.0312. The predicted octanol–water partition coefficient (Wildman–Crippen LogP) is 2.32. The summed E-state index contributed by atoms with van der Waals surface area (Å²) in [5.74, 6) is 0.376. The zero-order valence-electron chi connectivity index (χ0n) is 23.8. The van der Waals surface area contributed by atoms with Gasteiger partial charge >= 0.3 is 0 Å². The van der Waals surface area contributed by atoms with Crippen molar-refractivity contribution in [3.05, 3.63) is 60.9 Å². The average Bonchev–Trinajstić information content (AvgIpc) is 3.62. The van der Waals surface area contributed by atoms with Crippen LogP contribution in [0.1, 0.15) is 26.2 Å². The molecule has 42 heavy (non-hydrogen) atoms. The third kappa shape index (κ3) is 7.04. The van der Waals surface area contributed by atoms with Crippen molar-refractivity contribution in [3.8, 4) is 16.9 Å². The van der Waals surface area contributed by atoms with E-state index in [4.69, 9.17) is 9.47 Å². The summed E-state index contributed by atoms with van der Waals surface area (Å²) < 4.78 is 65.6. The normalized spacial score (nSPS) is 20.1. The molecule has 0 bridgehead atoms. The fraction of sp³-hybridized carbons (Fsp3) is 0.483. The molecule has 228 valence electrons. The number of hydrogen-bond donors (Lipinski definition) is 2. The van der Waals surface area contributed by atoms with Gasteiger partial charge in [0, 0.05) is 50.2 Å². The van der Waals surface area contributed by atoms with Crippen LogP contribution in [0.4, 0.5) is 0 Å². The number of sulfone groups is 1. The van der Waals surface area contributed by atoms with Crippen LogP contribution >= 0.6 is 0 Å². The maximum atomic E-state index is 13.5. The van der Waals surface area contributed by atoms with Gasteiger partial charge in [0.05, 0.1) is 28.2 Å². The summed E-state index contributed by atoms with van der Waals surface area (Å²) in [6, 6.07) is 13.2. The molecule has 2 N–H and O–H groups in total. The maximum absolute atomic E-state index is 13.5. The third-order valence-corrected chi connectivity index (χ3v) is 10.9. The van der Waals surface area contributed by atoms with E-state index in [1.165, 1.54) is 16.4 Å². The van der Waals surface area contributed by atoms with Crippen molar-refractivity contribution in [3.63, 3.8) is 0 Å². The Hall–Kier alpha value is -2.81. The van der Waals surface area contributed by atoms with E-state index in [0.29, 0.717) is 38.3 Å². The molecule has 2 atom stereocenters. The number of aromatic nitrogens is 2. The lowest BCUT2D eigenvalue weighted by Crippen LogP contribution is -2.47. The number of hydrogen-bond acceptors (Lipinski definition) is 9. The summed E-state index contributed by atoms with van der Waals surface area (Å²) in [5, 5.41) is 18.0. The Morgan fingerprint density at radius 2 is 1.83 bits per heavy atom. The SMILES string of the molecule is CCn1cc(-c2cccc(S(=O)(=O)N3CCC4(CC3)CC(NCC(O)COc3cccc(S(C)(=O)=O)c3)CO4)c2)cn1. The standard InChI is InChI=1S/C29H38N4O7S2/c1-3-32-19-23(17-31-32)22-6-4-9-28(14-22)42(37,38)33-12-10-29(11-13-33)16-24(20-40-29)30-18-25(34)21-39-26-7-5-8-27(15-26)41(2,35)36/h4-9,14-15,17,19,24-25,30,34H,3,10-13,16,18,20-21H2,1-2H3. The number of rotatable bonds is 11. The van der Waals surface area contributed by atoms with Crippen molar-refractivity contribution in [2.24, 2.45) is 0 Å². The molecule has 0 radical (unpaired) electrons. The first-order chi connectivity index (χ1) is 20.0. The van der Waals surface area contributed by atoms with Crippen molar-refractivity contribution in [2.75, 3.05) is 39.1 Å². The largest absolute Gasteiger partial charge is 0.491 e. The number of sulfonamides is 1. The fourth-order valence-electron chi connectivity index (χ4n) is 5.48. The van der Waals surface area contributed by atoms with Crippen molar-refractivity contribution >= 4 is 19.9 Å². The maximum Gasteiger partial charge on any atom is 0.243 e. The van der Waals surface area contributed by atoms with Gasteiger partial charge in [0.15, 0.2) is 9.84 Å². The van der Waals surface area contributed by atoms with Crippen LogP contribution in [0.25, 0.3) is 11.1 Å². The Morgan fingerprint density at radius 1 is 1.10 bits per heavy atom. The highest BCUT2D eigenvalue weighted by atomic mass is 32.2. The van der Waals surface area contributed by atoms with Gasteiger partial charge in [-0.2, -0.15) is 9.40 Å². The first kappa shape index (κ1) is 30.6. The van der Waals surface area contributed by atoms with Crippen molar-refractivity contribution < 1.29 is 31.4 Å². The summed E-state index contributed by atoms with van der Waals surface area (Å²) >= 11 is 0. The predicted molar refractivity (Wildman–Crippen MR) is 157 cm³/mol. The van der Waals surface area contributed by atoms with Crippen LogP contribution in [0.3, 0.4) is 0 Å². The minimum absolute atomic E-state index is 0.00784. The molecule has 2 saturated heterocycles. The molecular weight excluding hydrogens is 580 g/mol. The Bertz CT molecular complexity index is 1600. The van der Waals surface area contributed by atoms with Crippen LogP contribution in [-0.2, 0) is 31.1 Å². The van der Waals surface area contributed by atoms with Crippen LogP contribution in [0, 0.1) is 0 Å². The number of benzene rings is 2. The van der Waals surface area contributed by atoms with E-state index in [1.54, 1.807) is 36.5 Å². The highest BCUT2D eigenvalue weighted by molar-refractivity contribution is 7.90. The molecule has 11 nitrogen and oxygen atoms in total. The van der Waals surface area contributed by atoms with Crippen LogP contribution in [-0.4, -0.2) is 92.9 Å². The summed E-state index contributed by atoms with van der Waals surface area (Å²) in [6.45, 7) is 4.25. The second kappa shape index (κ2) is 12.4. The van der Waals surface area contributed by atoms with Crippen LogP contribution in [0.5, 0.6) is 5.75 Å². The van der Waals surface area contributed by atoms with Gasteiger partial charge in [0.25, 0.3) is 0 Å². The third-order valence-electron chi connectivity index (χ3n) is 7.92. The molecule has 1 aromatic heterocycles. The number of nitrogens with zero attached hydrogens (tertiary/aromatic N) is 3. The van der Waals surface area contributed by atoms with Crippen LogP contribution in [0.2, 0.25) is 0 Å². The highest BCUT2D eigenvalue weighted by Gasteiger charge is 2.44. The molecule has 2 aromatic carbocycles. The molecule has 2 aliphatic rings. The monoisotopic (exact) mass is 618 g/mol. The molecule has 2 aliphatic heterocycles. The van der Waals surface area contributed by atoms with E-state index in [9.17, 15) is 21.9 Å². The Labute approximate surface area is 247 Å². The minimum atomic E-state index is -3.66. The first-order valence-electron chi connectivity index (χ1n) is 14.1. The molecule has 2 fully saturated rings. The Morgan fingerprint density at radius 3 is 2.55 bits per heavy atom. The molecule has 0 amide bonds. The lowest BCUT2D eigenvalue weighted by Gasteiger charge is -2.38. The van der Waals surface area contributed by atoms with Crippen molar-refractivity contribution in [2.45, 2.75) is 60.3 Å². The number of aryl methyl sites for hydroxylation is 1.